The van der Waals surface area contributed by atoms with Crippen LogP contribution >= 0.6 is 0 Å². The minimum Gasteiger partial charge on any atom is -0.465 e. The van der Waals surface area contributed by atoms with Gasteiger partial charge in [0.05, 0.1) is 12.8 Å². The lowest BCUT2D eigenvalue weighted by molar-refractivity contribution is -0.143. The highest BCUT2D eigenvalue weighted by atomic mass is 32.2. The molecule has 0 spiro atoms. The maximum absolute atomic E-state index is 12.5. The summed E-state index contributed by atoms with van der Waals surface area (Å²) in [6.07, 6.45) is 2.97. The molecule has 1 heterocycles. The zero-order valence-corrected chi connectivity index (χ0v) is 11.8. The van der Waals surface area contributed by atoms with E-state index in [0.29, 0.717) is 0 Å². The smallest absolute Gasteiger partial charge is 0.321 e. The van der Waals surface area contributed by atoms with Gasteiger partial charge in [-0.25, -0.2) is 8.42 Å². The number of nitrogens with zero attached hydrogens (tertiary/aromatic N) is 3. The van der Waals surface area contributed by atoms with E-state index in [2.05, 4.69) is 5.10 Å². The number of aromatic nitrogens is 2. The van der Waals surface area contributed by atoms with E-state index in [4.69, 9.17) is 4.74 Å². The Hall–Kier alpha value is -1.41. The molecule has 7 nitrogen and oxygen atoms in total. The summed E-state index contributed by atoms with van der Waals surface area (Å²) in [6, 6.07) is 1.32. The predicted molar refractivity (Wildman–Crippen MR) is 66.8 cm³/mol. The molecule has 0 amide bonds. The third kappa shape index (κ3) is 2.95. The molecule has 0 radical (unpaired) electrons. The predicted octanol–water partition coefficient (Wildman–Crippen LogP) is 0.136. The second kappa shape index (κ2) is 5.30. The largest absolute Gasteiger partial charge is 0.465 e. The second-order valence-electron chi connectivity index (χ2n) is 4.38. The Kier molecular flexibility index (Phi) is 3.91. The van der Waals surface area contributed by atoms with Gasteiger partial charge >= 0.3 is 5.97 Å². The molecule has 8 heteroatoms. The number of ether oxygens (including phenoxy) is 1. The van der Waals surface area contributed by atoms with Crippen molar-refractivity contribution in [3.8, 4) is 0 Å². The first-order valence-corrected chi connectivity index (χ1v) is 7.56. The molecule has 2 rings (SSSR count). The van der Waals surface area contributed by atoms with Crippen molar-refractivity contribution >= 4 is 16.0 Å². The van der Waals surface area contributed by atoms with Gasteiger partial charge in [-0.3, -0.25) is 9.48 Å². The lowest BCUT2D eigenvalue weighted by Crippen LogP contribution is -2.39. The molecule has 0 unspecified atom stereocenters. The number of sulfonamides is 1. The molecule has 1 saturated carbocycles. The van der Waals surface area contributed by atoms with Crippen molar-refractivity contribution in [3.05, 3.63) is 12.3 Å². The van der Waals surface area contributed by atoms with Gasteiger partial charge in [-0.1, -0.05) is 0 Å². The van der Waals surface area contributed by atoms with Gasteiger partial charge in [0.2, 0.25) is 0 Å². The van der Waals surface area contributed by atoms with Crippen LogP contribution in [0.15, 0.2) is 17.3 Å². The number of esters is 1. The summed E-state index contributed by atoms with van der Waals surface area (Å²) in [5.74, 6) is -0.528. The van der Waals surface area contributed by atoms with E-state index in [1.807, 2.05) is 0 Å². The molecule has 0 saturated heterocycles. The van der Waals surface area contributed by atoms with Gasteiger partial charge in [0.25, 0.3) is 10.0 Å². The molecule has 0 aromatic carbocycles. The Morgan fingerprint density at radius 2 is 2.26 bits per heavy atom. The molecule has 19 heavy (non-hydrogen) atoms. The second-order valence-corrected chi connectivity index (χ2v) is 6.22. The molecular weight excluding hydrogens is 270 g/mol. The SMILES string of the molecule is CCOC(=O)CN(C1CC1)S(=O)(=O)c1ccnn1C. The topological polar surface area (TPSA) is 81.5 Å². The fraction of sp³-hybridized carbons (Fsp3) is 0.636. The van der Waals surface area contributed by atoms with E-state index >= 15 is 0 Å². The molecule has 1 fully saturated rings. The van der Waals surface area contributed by atoms with E-state index < -0.39 is 16.0 Å². The van der Waals surface area contributed by atoms with Crippen LogP contribution < -0.4 is 0 Å². The molecule has 1 aliphatic rings. The van der Waals surface area contributed by atoms with E-state index in [-0.39, 0.29) is 24.2 Å². The van der Waals surface area contributed by atoms with Crippen molar-refractivity contribution in [1.29, 1.82) is 0 Å². The monoisotopic (exact) mass is 287 g/mol. The summed E-state index contributed by atoms with van der Waals surface area (Å²) in [5, 5.41) is 3.94. The van der Waals surface area contributed by atoms with Gasteiger partial charge in [-0.15, -0.1) is 0 Å². The first-order valence-electron chi connectivity index (χ1n) is 6.12. The van der Waals surface area contributed by atoms with Crippen LogP contribution in [-0.4, -0.2) is 47.7 Å². The highest BCUT2D eigenvalue weighted by Crippen LogP contribution is 2.31. The Balaban J connectivity index is 2.24. The van der Waals surface area contributed by atoms with Gasteiger partial charge < -0.3 is 4.74 Å². The number of carbonyl (C=O) groups is 1. The Morgan fingerprint density at radius 1 is 1.58 bits per heavy atom. The maximum atomic E-state index is 12.5. The summed E-state index contributed by atoms with van der Waals surface area (Å²) < 4.78 is 32.3. The van der Waals surface area contributed by atoms with Crippen LogP contribution in [0.1, 0.15) is 19.8 Å². The molecule has 0 N–H and O–H groups in total. The van der Waals surface area contributed by atoms with Crippen LogP contribution in [0.4, 0.5) is 0 Å². The zero-order chi connectivity index (χ0) is 14.0. The van der Waals surface area contributed by atoms with Gasteiger partial charge in [-0.05, 0) is 25.8 Å². The Labute approximate surface area is 112 Å². The average molecular weight is 287 g/mol. The van der Waals surface area contributed by atoms with Crippen LogP contribution in [0, 0.1) is 0 Å². The number of aryl methyl sites for hydroxylation is 1. The van der Waals surface area contributed by atoms with E-state index in [1.165, 1.54) is 21.3 Å². The van der Waals surface area contributed by atoms with Gasteiger partial charge in [0, 0.05) is 13.1 Å². The van der Waals surface area contributed by atoms with Crippen molar-refractivity contribution in [2.24, 2.45) is 7.05 Å². The lowest BCUT2D eigenvalue weighted by atomic mass is 10.6. The molecule has 1 aromatic heterocycles. The zero-order valence-electron chi connectivity index (χ0n) is 10.9. The van der Waals surface area contributed by atoms with Gasteiger partial charge in [0.15, 0.2) is 5.03 Å². The lowest BCUT2D eigenvalue weighted by Gasteiger charge is -2.20. The van der Waals surface area contributed by atoms with Crippen molar-refractivity contribution < 1.29 is 17.9 Å². The van der Waals surface area contributed by atoms with Crippen molar-refractivity contribution in [1.82, 2.24) is 14.1 Å². The first kappa shape index (κ1) is 14.0. The number of hydrogen-bond donors (Lipinski definition) is 0. The molecule has 1 aliphatic carbocycles. The maximum Gasteiger partial charge on any atom is 0.321 e. The highest BCUT2D eigenvalue weighted by Gasteiger charge is 2.40. The summed E-state index contributed by atoms with van der Waals surface area (Å²) >= 11 is 0. The van der Waals surface area contributed by atoms with Crippen LogP contribution in [0.2, 0.25) is 0 Å². The van der Waals surface area contributed by atoms with Crippen LogP contribution in [0.25, 0.3) is 0 Å². The van der Waals surface area contributed by atoms with Crippen LogP contribution in [-0.2, 0) is 26.6 Å². The third-order valence-electron chi connectivity index (χ3n) is 2.89. The van der Waals surface area contributed by atoms with Crippen LogP contribution in [0.3, 0.4) is 0 Å². The Morgan fingerprint density at radius 3 is 2.74 bits per heavy atom. The molecule has 1 aromatic rings. The van der Waals surface area contributed by atoms with Crippen molar-refractivity contribution in [3.63, 3.8) is 0 Å². The molecule has 0 aliphatic heterocycles. The standard InChI is InChI=1S/C11H17N3O4S/c1-3-18-11(15)8-14(9-4-5-9)19(16,17)10-6-7-12-13(10)2/h6-7,9H,3-5,8H2,1-2H3. The number of carbonyl (C=O) groups excluding carboxylic acids is 1. The number of rotatable bonds is 6. The fourth-order valence-corrected chi connectivity index (χ4v) is 3.57. The molecular formula is C11H17N3O4S. The van der Waals surface area contributed by atoms with E-state index in [0.717, 1.165) is 12.8 Å². The Bertz CT molecular complexity index is 562. The summed E-state index contributed by atoms with van der Waals surface area (Å²) in [7, 11) is -2.15. The average Bonchev–Trinajstić information content (AvgIpc) is 3.07. The third-order valence-corrected chi connectivity index (χ3v) is 4.87. The van der Waals surface area contributed by atoms with Crippen molar-refractivity contribution in [2.75, 3.05) is 13.2 Å². The molecule has 0 atom stereocenters. The van der Waals surface area contributed by atoms with Crippen LogP contribution in [0.5, 0.6) is 0 Å². The summed E-state index contributed by atoms with van der Waals surface area (Å²) in [6.45, 7) is 1.68. The normalized spacial score (nSPS) is 15.7. The summed E-state index contributed by atoms with van der Waals surface area (Å²) in [4.78, 5) is 11.5. The quantitative estimate of drug-likeness (QED) is 0.695. The first-order chi connectivity index (χ1) is 8.96. The van der Waals surface area contributed by atoms with E-state index in [9.17, 15) is 13.2 Å². The molecule has 0 bridgehead atoms. The fourth-order valence-electron chi connectivity index (χ4n) is 1.84. The molecule has 106 valence electrons. The van der Waals surface area contributed by atoms with Crippen molar-refractivity contribution in [2.45, 2.75) is 30.8 Å². The number of hydrogen-bond acceptors (Lipinski definition) is 5. The highest BCUT2D eigenvalue weighted by molar-refractivity contribution is 7.89. The van der Waals surface area contributed by atoms with E-state index in [1.54, 1.807) is 14.0 Å². The van der Waals surface area contributed by atoms with Gasteiger partial charge in [-0.2, -0.15) is 9.40 Å². The summed E-state index contributed by atoms with van der Waals surface area (Å²) in [5.41, 5.74) is 0. The minimum absolute atomic E-state index is 0.0868. The minimum atomic E-state index is -3.71. The van der Waals surface area contributed by atoms with Gasteiger partial charge in [0.1, 0.15) is 6.54 Å².